The zero-order valence-corrected chi connectivity index (χ0v) is 16.0. The van der Waals surface area contributed by atoms with Crippen LogP contribution < -0.4 is 5.32 Å². The van der Waals surface area contributed by atoms with Gasteiger partial charge in [-0.1, -0.05) is 37.3 Å². The van der Waals surface area contributed by atoms with Crippen molar-refractivity contribution in [3.05, 3.63) is 64.7 Å². The predicted octanol–water partition coefficient (Wildman–Crippen LogP) is 3.52. The van der Waals surface area contributed by atoms with E-state index in [0.717, 1.165) is 17.5 Å². The molecule has 1 N–H and O–H groups in total. The Bertz CT molecular complexity index is 855. The normalized spacial score (nSPS) is 12.6. The minimum Gasteiger partial charge on any atom is -0.349 e. The minimum absolute atomic E-state index is 0.0395. The van der Waals surface area contributed by atoms with Crippen molar-refractivity contribution in [1.82, 2.24) is 5.32 Å². The fourth-order valence-electron chi connectivity index (χ4n) is 2.71. The van der Waals surface area contributed by atoms with Gasteiger partial charge in [-0.05, 0) is 54.7 Å². The summed E-state index contributed by atoms with van der Waals surface area (Å²) in [7, 11) is -3.21. The summed E-state index contributed by atoms with van der Waals surface area (Å²) in [6.07, 6.45) is 2.25. The zero-order valence-electron chi connectivity index (χ0n) is 15.2. The number of carbonyl (C=O) groups is 1. The lowest BCUT2D eigenvalue weighted by Crippen LogP contribution is -2.29. The van der Waals surface area contributed by atoms with E-state index in [2.05, 4.69) is 5.32 Å². The van der Waals surface area contributed by atoms with Crippen LogP contribution in [0, 0.1) is 13.8 Å². The van der Waals surface area contributed by atoms with Crippen LogP contribution in [0.15, 0.2) is 47.4 Å². The summed E-state index contributed by atoms with van der Waals surface area (Å²) in [6.45, 7) is 6.08. The summed E-state index contributed by atoms with van der Waals surface area (Å²) in [5, 5.41) is 3.04. The van der Waals surface area contributed by atoms with Crippen LogP contribution in [-0.4, -0.2) is 20.6 Å². The smallest absolute Gasteiger partial charge is 0.224 e. The van der Waals surface area contributed by atoms with Gasteiger partial charge in [-0.25, -0.2) is 8.42 Å². The van der Waals surface area contributed by atoms with Crippen molar-refractivity contribution < 1.29 is 13.2 Å². The largest absolute Gasteiger partial charge is 0.349 e. The molecule has 2 aromatic carbocycles. The standard InChI is InChI=1S/C20H25NO3S/c1-5-19(17-8-10-18(11-9-17)25(4,23)24)21-20(22)13-16-7-6-14(2)15(3)12-16/h6-12,19H,5,13H2,1-4H3,(H,21,22)/t19-/m1/s1. The van der Waals surface area contributed by atoms with E-state index in [0.29, 0.717) is 6.42 Å². The Morgan fingerprint density at radius 3 is 2.20 bits per heavy atom. The summed E-state index contributed by atoms with van der Waals surface area (Å²) in [5.41, 5.74) is 4.28. The highest BCUT2D eigenvalue weighted by molar-refractivity contribution is 7.90. The maximum absolute atomic E-state index is 12.4. The minimum atomic E-state index is -3.21. The molecule has 0 saturated carbocycles. The van der Waals surface area contributed by atoms with Crippen molar-refractivity contribution >= 4 is 15.7 Å². The summed E-state index contributed by atoms with van der Waals surface area (Å²) < 4.78 is 23.1. The summed E-state index contributed by atoms with van der Waals surface area (Å²) in [4.78, 5) is 12.7. The highest BCUT2D eigenvalue weighted by Crippen LogP contribution is 2.19. The lowest BCUT2D eigenvalue weighted by Gasteiger charge is -2.18. The third-order valence-electron chi connectivity index (χ3n) is 4.39. The van der Waals surface area contributed by atoms with Gasteiger partial charge < -0.3 is 5.32 Å². The molecule has 0 heterocycles. The Hall–Kier alpha value is -2.14. The van der Waals surface area contributed by atoms with Crippen molar-refractivity contribution in [2.24, 2.45) is 0 Å². The average Bonchev–Trinajstić information content (AvgIpc) is 2.55. The number of sulfone groups is 1. The molecule has 0 aliphatic rings. The zero-order chi connectivity index (χ0) is 18.6. The van der Waals surface area contributed by atoms with Crippen LogP contribution in [0.25, 0.3) is 0 Å². The molecule has 25 heavy (non-hydrogen) atoms. The Kier molecular flexibility index (Phi) is 6.01. The van der Waals surface area contributed by atoms with Crippen LogP contribution in [0.5, 0.6) is 0 Å². The van der Waals surface area contributed by atoms with E-state index in [1.54, 1.807) is 24.3 Å². The van der Waals surface area contributed by atoms with E-state index >= 15 is 0 Å². The van der Waals surface area contributed by atoms with Gasteiger partial charge in [-0.2, -0.15) is 0 Å². The number of hydrogen-bond donors (Lipinski definition) is 1. The third kappa shape index (κ3) is 5.16. The number of hydrogen-bond acceptors (Lipinski definition) is 3. The van der Waals surface area contributed by atoms with Gasteiger partial charge in [-0.15, -0.1) is 0 Å². The first-order valence-electron chi connectivity index (χ1n) is 8.36. The first-order chi connectivity index (χ1) is 11.7. The van der Waals surface area contributed by atoms with Crippen LogP contribution in [0.2, 0.25) is 0 Å². The van der Waals surface area contributed by atoms with Crippen molar-refractivity contribution in [3.8, 4) is 0 Å². The molecule has 134 valence electrons. The first kappa shape index (κ1) is 19.2. The number of benzene rings is 2. The summed E-state index contributed by atoms with van der Waals surface area (Å²) in [5.74, 6) is -0.0395. The average molecular weight is 359 g/mol. The lowest BCUT2D eigenvalue weighted by molar-refractivity contribution is -0.121. The summed E-state index contributed by atoms with van der Waals surface area (Å²) in [6, 6.07) is 12.6. The molecular formula is C20H25NO3S. The van der Waals surface area contributed by atoms with E-state index in [4.69, 9.17) is 0 Å². The van der Waals surface area contributed by atoms with E-state index in [9.17, 15) is 13.2 Å². The Labute approximate surface area is 150 Å². The molecule has 0 aliphatic carbocycles. The number of nitrogens with one attached hydrogen (secondary N) is 1. The summed E-state index contributed by atoms with van der Waals surface area (Å²) >= 11 is 0. The number of rotatable bonds is 6. The van der Waals surface area contributed by atoms with Crippen molar-refractivity contribution in [2.45, 2.75) is 44.6 Å². The Balaban J connectivity index is 2.08. The van der Waals surface area contributed by atoms with E-state index in [1.807, 2.05) is 39.0 Å². The van der Waals surface area contributed by atoms with Crippen molar-refractivity contribution in [3.63, 3.8) is 0 Å². The number of aryl methyl sites for hydroxylation is 2. The predicted molar refractivity (Wildman–Crippen MR) is 100 cm³/mol. The maximum atomic E-state index is 12.4. The van der Waals surface area contributed by atoms with Gasteiger partial charge in [0.2, 0.25) is 5.91 Å². The van der Waals surface area contributed by atoms with Gasteiger partial charge in [-0.3, -0.25) is 4.79 Å². The molecule has 5 heteroatoms. The second-order valence-corrected chi connectivity index (χ2v) is 8.48. The topological polar surface area (TPSA) is 63.2 Å². The molecule has 0 unspecified atom stereocenters. The molecule has 0 fully saturated rings. The van der Waals surface area contributed by atoms with Crippen LogP contribution in [0.4, 0.5) is 0 Å². The van der Waals surface area contributed by atoms with Gasteiger partial charge in [0.05, 0.1) is 17.4 Å². The Morgan fingerprint density at radius 2 is 1.68 bits per heavy atom. The maximum Gasteiger partial charge on any atom is 0.224 e. The van der Waals surface area contributed by atoms with Crippen LogP contribution in [0.3, 0.4) is 0 Å². The van der Waals surface area contributed by atoms with Gasteiger partial charge in [0.25, 0.3) is 0 Å². The molecule has 0 bridgehead atoms. The second-order valence-electron chi connectivity index (χ2n) is 6.46. The van der Waals surface area contributed by atoms with Crippen molar-refractivity contribution in [1.29, 1.82) is 0 Å². The molecule has 0 radical (unpaired) electrons. The molecule has 0 aliphatic heterocycles. The van der Waals surface area contributed by atoms with Crippen LogP contribution in [-0.2, 0) is 21.1 Å². The first-order valence-corrected chi connectivity index (χ1v) is 10.3. The van der Waals surface area contributed by atoms with Crippen LogP contribution in [0.1, 0.15) is 41.6 Å². The molecule has 2 aromatic rings. The highest BCUT2D eigenvalue weighted by Gasteiger charge is 2.15. The van der Waals surface area contributed by atoms with Crippen LogP contribution >= 0.6 is 0 Å². The molecule has 2 rings (SSSR count). The third-order valence-corrected chi connectivity index (χ3v) is 5.52. The highest BCUT2D eigenvalue weighted by atomic mass is 32.2. The molecule has 0 saturated heterocycles. The SMILES string of the molecule is CC[C@@H](NC(=O)Cc1ccc(C)c(C)c1)c1ccc(S(C)(=O)=O)cc1. The van der Waals surface area contributed by atoms with E-state index in [-0.39, 0.29) is 16.8 Å². The molecule has 0 aromatic heterocycles. The second kappa shape index (κ2) is 7.83. The fraction of sp³-hybridized carbons (Fsp3) is 0.350. The van der Waals surface area contributed by atoms with Gasteiger partial charge in [0.15, 0.2) is 9.84 Å². The van der Waals surface area contributed by atoms with Gasteiger partial charge in [0, 0.05) is 6.26 Å². The molecular weight excluding hydrogens is 334 g/mol. The number of amides is 1. The van der Waals surface area contributed by atoms with Gasteiger partial charge >= 0.3 is 0 Å². The molecule has 4 nitrogen and oxygen atoms in total. The quantitative estimate of drug-likeness (QED) is 0.858. The monoisotopic (exact) mass is 359 g/mol. The molecule has 1 amide bonds. The fourth-order valence-corrected chi connectivity index (χ4v) is 3.34. The van der Waals surface area contributed by atoms with E-state index in [1.165, 1.54) is 17.4 Å². The van der Waals surface area contributed by atoms with Crippen molar-refractivity contribution in [2.75, 3.05) is 6.26 Å². The molecule has 0 spiro atoms. The van der Waals surface area contributed by atoms with E-state index < -0.39 is 9.84 Å². The van der Waals surface area contributed by atoms with Gasteiger partial charge in [0.1, 0.15) is 0 Å². The lowest BCUT2D eigenvalue weighted by atomic mass is 10.0. The molecule has 1 atom stereocenters. The number of carbonyl (C=O) groups excluding carboxylic acids is 1. The Morgan fingerprint density at radius 1 is 1.04 bits per heavy atom.